The highest BCUT2D eigenvalue weighted by molar-refractivity contribution is 8.00. The lowest BCUT2D eigenvalue weighted by Gasteiger charge is -2.56. The van der Waals surface area contributed by atoms with E-state index in [1.807, 2.05) is 6.92 Å². The van der Waals surface area contributed by atoms with Crippen molar-refractivity contribution in [2.24, 2.45) is 23.2 Å². The Balaban J connectivity index is 1.36. The van der Waals surface area contributed by atoms with Gasteiger partial charge >= 0.3 is 0 Å². The molecule has 1 atom stereocenters. The first-order valence-corrected chi connectivity index (χ1v) is 13.0. The summed E-state index contributed by atoms with van der Waals surface area (Å²) >= 11 is 1.36. The molecule has 162 valence electrons. The van der Waals surface area contributed by atoms with Crippen LogP contribution in [0.25, 0.3) is 11.1 Å². The number of sulfonamides is 1. The van der Waals surface area contributed by atoms with E-state index in [0.29, 0.717) is 22.1 Å². The molecular formula is C22H28N2O4S2. The second-order valence-corrected chi connectivity index (χ2v) is 13.2. The van der Waals surface area contributed by atoms with Crippen molar-refractivity contribution < 1.29 is 17.6 Å². The fourth-order valence-electron chi connectivity index (χ4n) is 6.36. The van der Waals surface area contributed by atoms with Crippen molar-refractivity contribution in [3.8, 4) is 0 Å². The Morgan fingerprint density at radius 3 is 2.33 bits per heavy atom. The smallest absolute Gasteiger partial charge is 0.257 e. The van der Waals surface area contributed by atoms with Crippen molar-refractivity contribution >= 4 is 38.7 Å². The number of Topliss-reactive ketones (excluding diaryl/α,β-unsaturated/α-hetero) is 1. The summed E-state index contributed by atoms with van der Waals surface area (Å²) < 4.78 is 31.7. The van der Waals surface area contributed by atoms with Crippen LogP contribution in [0.3, 0.4) is 0 Å². The molecule has 4 aliphatic carbocycles. The van der Waals surface area contributed by atoms with E-state index in [-0.39, 0.29) is 15.6 Å². The number of carbonyl (C=O) groups excluding carboxylic acids is 1. The average Bonchev–Trinajstić information content (AvgIpc) is 3.07. The summed E-state index contributed by atoms with van der Waals surface area (Å²) in [6, 6.07) is 4.69. The maximum Gasteiger partial charge on any atom is 0.257 e. The third-order valence-corrected chi connectivity index (χ3v) is 10.1. The summed E-state index contributed by atoms with van der Waals surface area (Å²) in [5.41, 5.74) is 0.889. The van der Waals surface area contributed by atoms with Crippen molar-refractivity contribution in [3.63, 3.8) is 0 Å². The Hall–Kier alpha value is -1.38. The van der Waals surface area contributed by atoms with Gasteiger partial charge in [0.2, 0.25) is 10.0 Å². The highest BCUT2D eigenvalue weighted by Gasteiger charge is 2.55. The van der Waals surface area contributed by atoms with Gasteiger partial charge in [0, 0.05) is 19.5 Å². The second kappa shape index (κ2) is 7.07. The molecule has 0 amide bonds. The fraction of sp³-hybridized carbons (Fsp3) is 0.636. The Kier molecular flexibility index (Phi) is 4.83. The molecule has 4 saturated carbocycles. The van der Waals surface area contributed by atoms with E-state index < -0.39 is 10.0 Å². The third kappa shape index (κ3) is 3.31. The van der Waals surface area contributed by atoms with Gasteiger partial charge in [-0.15, -0.1) is 0 Å². The van der Waals surface area contributed by atoms with Crippen LogP contribution < -0.4 is 0 Å². The number of oxazole rings is 1. The number of thioether (sulfide) groups is 1. The lowest BCUT2D eigenvalue weighted by Crippen LogP contribution is -2.51. The number of aromatic nitrogens is 1. The Labute approximate surface area is 181 Å². The summed E-state index contributed by atoms with van der Waals surface area (Å²) in [6.45, 7) is 1.96. The second-order valence-electron chi connectivity index (χ2n) is 9.72. The number of nitrogens with zero attached hydrogens (tertiary/aromatic N) is 2. The molecule has 1 aromatic heterocycles. The van der Waals surface area contributed by atoms with E-state index >= 15 is 0 Å². The molecule has 6 nitrogen and oxygen atoms in total. The number of hydrogen-bond donors (Lipinski definition) is 0. The normalized spacial score (nSPS) is 31.5. The summed E-state index contributed by atoms with van der Waals surface area (Å²) in [5.74, 6) is 2.56. The van der Waals surface area contributed by atoms with Crippen LogP contribution in [0.1, 0.15) is 45.4 Å². The monoisotopic (exact) mass is 448 g/mol. The summed E-state index contributed by atoms with van der Waals surface area (Å²) in [7, 11) is -0.528. The highest BCUT2D eigenvalue weighted by atomic mass is 32.2. The van der Waals surface area contributed by atoms with E-state index in [2.05, 4.69) is 4.98 Å². The van der Waals surface area contributed by atoms with Crippen LogP contribution in [0, 0.1) is 23.2 Å². The third-order valence-electron chi connectivity index (χ3n) is 7.33. The van der Waals surface area contributed by atoms with Crippen LogP contribution in [0.15, 0.2) is 32.7 Å². The quantitative estimate of drug-likeness (QED) is 0.612. The van der Waals surface area contributed by atoms with Gasteiger partial charge in [-0.25, -0.2) is 17.7 Å². The molecule has 1 aromatic carbocycles. The van der Waals surface area contributed by atoms with Crippen LogP contribution >= 0.6 is 11.8 Å². The molecule has 1 unspecified atom stereocenters. The van der Waals surface area contributed by atoms with Gasteiger partial charge in [0.25, 0.3) is 5.22 Å². The molecule has 0 spiro atoms. The predicted octanol–water partition coefficient (Wildman–Crippen LogP) is 4.34. The van der Waals surface area contributed by atoms with Gasteiger partial charge in [0.1, 0.15) is 5.52 Å². The topological polar surface area (TPSA) is 80.5 Å². The van der Waals surface area contributed by atoms with E-state index in [4.69, 9.17) is 4.42 Å². The highest BCUT2D eigenvalue weighted by Crippen LogP contribution is 2.61. The maximum atomic E-state index is 13.5. The van der Waals surface area contributed by atoms with Crippen LogP contribution in [0.4, 0.5) is 0 Å². The van der Waals surface area contributed by atoms with Crippen LogP contribution in [0.2, 0.25) is 0 Å². The zero-order valence-electron chi connectivity index (χ0n) is 17.6. The molecule has 2 aromatic rings. The number of ketones is 1. The van der Waals surface area contributed by atoms with Gasteiger partial charge in [-0.3, -0.25) is 4.79 Å². The minimum Gasteiger partial charge on any atom is -0.431 e. The van der Waals surface area contributed by atoms with Crippen molar-refractivity contribution in [1.82, 2.24) is 9.29 Å². The molecule has 30 heavy (non-hydrogen) atoms. The van der Waals surface area contributed by atoms with E-state index in [9.17, 15) is 13.2 Å². The van der Waals surface area contributed by atoms with Gasteiger partial charge in [-0.1, -0.05) is 11.8 Å². The molecule has 8 heteroatoms. The first-order valence-electron chi connectivity index (χ1n) is 10.7. The molecule has 4 bridgehead atoms. The molecule has 0 radical (unpaired) electrons. The lowest BCUT2D eigenvalue weighted by atomic mass is 9.48. The minimum atomic E-state index is -3.53. The molecule has 0 saturated heterocycles. The van der Waals surface area contributed by atoms with Gasteiger partial charge in [0.15, 0.2) is 11.4 Å². The van der Waals surface area contributed by atoms with Gasteiger partial charge < -0.3 is 4.42 Å². The van der Waals surface area contributed by atoms with Crippen molar-refractivity contribution in [2.45, 2.75) is 60.8 Å². The Morgan fingerprint density at radius 2 is 1.77 bits per heavy atom. The minimum absolute atomic E-state index is 0.139. The van der Waals surface area contributed by atoms with Gasteiger partial charge in [0.05, 0.1) is 10.1 Å². The maximum absolute atomic E-state index is 13.5. The number of carbonyl (C=O) groups is 1. The molecule has 0 aliphatic heterocycles. The predicted molar refractivity (Wildman–Crippen MR) is 116 cm³/mol. The Morgan fingerprint density at radius 1 is 1.17 bits per heavy atom. The first kappa shape index (κ1) is 20.5. The number of rotatable bonds is 6. The summed E-state index contributed by atoms with van der Waals surface area (Å²) in [4.78, 5) is 18.2. The number of benzene rings is 1. The van der Waals surface area contributed by atoms with E-state index in [1.165, 1.54) is 61.6 Å². The molecule has 6 rings (SSSR count). The largest absolute Gasteiger partial charge is 0.431 e. The van der Waals surface area contributed by atoms with Crippen molar-refractivity contribution in [2.75, 3.05) is 14.1 Å². The van der Waals surface area contributed by atoms with Crippen LogP contribution in [-0.2, 0) is 14.8 Å². The van der Waals surface area contributed by atoms with Crippen molar-refractivity contribution in [1.29, 1.82) is 0 Å². The van der Waals surface area contributed by atoms with Gasteiger partial charge in [-0.05, 0) is 81.4 Å². The lowest BCUT2D eigenvalue weighted by molar-refractivity contribution is -0.143. The number of fused-ring (bicyclic) bond motifs is 1. The average molecular weight is 449 g/mol. The molecule has 4 fully saturated rings. The molecule has 1 heterocycles. The zero-order valence-corrected chi connectivity index (χ0v) is 19.3. The molecular weight excluding hydrogens is 420 g/mol. The number of hydrogen-bond acceptors (Lipinski definition) is 6. The van der Waals surface area contributed by atoms with Gasteiger partial charge in [-0.2, -0.15) is 0 Å². The fourth-order valence-corrected chi connectivity index (χ4v) is 8.23. The summed E-state index contributed by atoms with van der Waals surface area (Å²) in [5, 5.41) is 0.203. The zero-order chi connectivity index (χ0) is 21.3. The molecule has 0 N–H and O–H groups in total. The van der Waals surface area contributed by atoms with E-state index in [0.717, 1.165) is 37.0 Å². The van der Waals surface area contributed by atoms with Crippen LogP contribution in [0.5, 0.6) is 0 Å². The Bertz CT molecular complexity index is 1070. The first-order chi connectivity index (χ1) is 14.2. The van der Waals surface area contributed by atoms with Crippen molar-refractivity contribution in [3.05, 3.63) is 18.2 Å². The molecule has 4 aliphatic rings. The standard InChI is InChI=1S/C22H28N2O4S2/c1-13(20(25)22-10-14-6-15(11-22)8-16(7-14)12-22)29-21-23-18-9-17(4-5-19(18)28-21)30(26,27)24(2)3/h4-5,9,13-16H,6-8,10-12H2,1-3H3. The van der Waals surface area contributed by atoms with Crippen LogP contribution in [-0.4, -0.2) is 42.8 Å². The summed E-state index contributed by atoms with van der Waals surface area (Å²) in [6.07, 6.45) is 7.12. The SMILES string of the molecule is CC(Sc1nc2cc(S(=O)(=O)N(C)C)ccc2o1)C(=O)C12CC3CC(CC(C3)C1)C2. The van der Waals surface area contributed by atoms with E-state index in [1.54, 1.807) is 6.07 Å².